The van der Waals surface area contributed by atoms with E-state index in [1.54, 1.807) is 17.6 Å². The van der Waals surface area contributed by atoms with Gasteiger partial charge in [-0.15, -0.1) is 11.3 Å². The fourth-order valence-electron chi connectivity index (χ4n) is 2.64. The van der Waals surface area contributed by atoms with Crippen molar-refractivity contribution >= 4 is 22.9 Å². The van der Waals surface area contributed by atoms with E-state index in [0.717, 1.165) is 18.0 Å². The quantitative estimate of drug-likeness (QED) is 0.674. The molecule has 3 rings (SSSR count). The first-order valence-corrected chi connectivity index (χ1v) is 9.12. The van der Waals surface area contributed by atoms with Crippen LogP contribution in [0.5, 0.6) is 0 Å². The van der Waals surface area contributed by atoms with Gasteiger partial charge < -0.3 is 9.73 Å². The predicted octanol–water partition coefficient (Wildman–Crippen LogP) is 4.60. The molecule has 1 aromatic carbocycles. The number of rotatable bonds is 7. The van der Waals surface area contributed by atoms with E-state index in [9.17, 15) is 4.79 Å². The maximum atomic E-state index is 12.5. The molecule has 0 spiro atoms. The summed E-state index contributed by atoms with van der Waals surface area (Å²) in [4.78, 5) is 15.8. The molecule has 2 aromatic heterocycles. The molecule has 2 heterocycles. The van der Waals surface area contributed by atoms with Gasteiger partial charge in [0.15, 0.2) is 0 Å². The zero-order chi connectivity index (χ0) is 17.6. The molecule has 5 heteroatoms. The molecular weight excluding hydrogens is 332 g/mol. The summed E-state index contributed by atoms with van der Waals surface area (Å²) in [5, 5.41) is 5.04. The topological polar surface area (TPSA) is 45.5 Å². The number of nitrogens with zero attached hydrogens (tertiary/aromatic N) is 1. The van der Waals surface area contributed by atoms with Gasteiger partial charge in [-0.2, -0.15) is 0 Å². The van der Waals surface area contributed by atoms with Gasteiger partial charge in [0.05, 0.1) is 19.4 Å². The first-order chi connectivity index (χ1) is 12.1. The minimum absolute atomic E-state index is 0.0219. The van der Waals surface area contributed by atoms with Crippen molar-refractivity contribution < 1.29 is 9.21 Å². The van der Waals surface area contributed by atoms with Crippen LogP contribution in [-0.4, -0.2) is 17.4 Å². The van der Waals surface area contributed by atoms with Gasteiger partial charge in [0, 0.05) is 17.1 Å². The molecule has 3 aromatic rings. The molecule has 0 saturated carbocycles. The third-order valence-electron chi connectivity index (χ3n) is 4.08. The van der Waals surface area contributed by atoms with Crippen LogP contribution in [0, 0.1) is 13.8 Å². The second-order valence-electron chi connectivity index (χ2n) is 6.15. The molecule has 0 aliphatic rings. The van der Waals surface area contributed by atoms with Crippen LogP contribution in [0.3, 0.4) is 0 Å². The number of aryl methyl sites for hydroxylation is 2. The molecule has 0 saturated heterocycles. The zero-order valence-electron chi connectivity index (χ0n) is 14.5. The van der Waals surface area contributed by atoms with Gasteiger partial charge in [-0.05, 0) is 60.7 Å². The van der Waals surface area contributed by atoms with Crippen molar-refractivity contribution in [2.75, 3.05) is 11.9 Å². The standard InChI is InChI=1S/C20H22N2O2S/c1-15-7-8-17(11-16(15)2)21-20(23)14-22(12-18-5-3-9-24-18)13-19-6-4-10-25-19/h3-11H,12-14H2,1-2H3,(H,21,23). The lowest BCUT2D eigenvalue weighted by molar-refractivity contribution is -0.117. The summed E-state index contributed by atoms with van der Waals surface area (Å²) in [6, 6.07) is 13.9. The highest BCUT2D eigenvalue weighted by molar-refractivity contribution is 7.09. The summed E-state index contributed by atoms with van der Waals surface area (Å²) < 4.78 is 5.44. The number of carbonyl (C=O) groups excluding carboxylic acids is 1. The Morgan fingerprint density at radius 1 is 1.12 bits per heavy atom. The predicted molar refractivity (Wildman–Crippen MR) is 102 cm³/mol. The molecule has 0 radical (unpaired) electrons. The van der Waals surface area contributed by atoms with Crippen LogP contribution >= 0.6 is 11.3 Å². The van der Waals surface area contributed by atoms with Crippen molar-refractivity contribution in [1.29, 1.82) is 0 Å². The van der Waals surface area contributed by atoms with Gasteiger partial charge in [0.2, 0.25) is 5.91 Å². The number of carbonyl (C=O) groups is 1. The molecule has 25 heavy (non-hydrogen) atoms. The van der Waals surface area contributed by atoms with E-state index in [0.29, 0.717) is 13.1 Å². The molecule has 4 nitrogen and oxygen atoms in total. The zero-order valence-corrected chi connectivity index (χ0v) is 15.3. The Bertz CT molecular complexity index is 774. The van der Waals surface area contributed by atoms with E-state index >= 15 is 0 Å². The first kappa shape index (κ1) is 17.5. The minimum Gasteiger partial charge on any atom is -0.468 e. The van der Waals surface area contributed by atoms with E-state index in [1.807, 2.05) is 43.3 Å². The Morgan fingerprint density at radius 2 is 2.00 bits per heavy atom. The van der Waals surface area contributed by atoms with E-state index in [2.05, 4.69) is 28.6 Å². The van der Waals surface area contributed by atoms with Gasteiger partial charge in [-0.1, -0.05) is 12.1 Å². The van der Waals surface area contributed by atoms with Gasteiger partial charge in [0.1, 0.15) is 5.76 Å². The number of furan rings is 1. The lowest BCUT2D eigenvalue weighted by atomic mass is 10.1. The highest BCUT2D eigenvalue weighted by Crippen LogP contribution is 2.16. The average molecular weight is 354 g/mol. The lowest BCUT2D eigenvalue weighted by Crippen LogP contribution is -2.32. The van der Waals surface area contributed by atoms with Crippen molar-refractivity contribution in [3.63, 3.8) is 0 Å². The largest absolute Gasteiger partial charge is 0.468 e. The molecule has 0 aliphatic heterocycles. The fraction of sp³-hybridized carbons (Fsp3) is 0.250. The highest BCUT2D eigenvalue weighted by atomic mass is 32.1. The third-order valence-corrected chi connectivity index (χ3v) is 4.94. The van der Waals surface area contributed by atoms with Crippen LogP contribution in [0.4, 0.5) is 5.69 Å². The van der Waals surface area contributed by atoms with Crippen molar-refractivity contribution in [1.82, 2.24) is 4.90 Å². The van der Waals surface area contributed by atoms with Gasteiger partial charge in [-0.3, -0.25) is 9.69 Å². The van der Waals surface area contributed by atoms with Crippen molar-refractivity contribution in [2.24, 2.45) is 0 Å². The Balaban J connectivity index is 1.65. The maximum Gasteiger partial charge on any atom is 0.238 e. The SMILES string of the molecule is Cc1ccc(NC(=O)CN(Cc2ccco2)Cc2cccs2)cc1C. The summed E-state index contributed by atoms with van der Waals surface area (Å²) in [6.07, 6.45) is 1.66. The number of hydrogen-bond donors (Lipinski definition) is 1. The van der Waals surface area contributed by atoms with Crippen LogP contribution < -0.4 is 5.32 Å². The molecule has 0 bridgehead atoms. The van der Waals surface area contributed by atoms with Crippen molar-refractivity contribution in [3.8, 4) is 0 Å². The Hall–Kier alpha value is -2.37. The number of thiophene rings is 1. The number of anilines is 1. The molecule has 0 atom stereocenters. The number of amides is 1. The summed E-state index contributed by atoms with van der Waals surface area (Å²) >= 11 is 1.69. The van der Waals surface area contributed by atoms with Crippen LogP contribution in [0.1, 0.15) is 21.8 Å². The molecule has 0 unspecified atom stereocenters. The van der Waals surface area contributed by atoms with Crippen LogP contribution in [0.2, 0.25) is 0 Å². The lowest BCUT2D eigenvalue weighted by Gasteiger charge is -2.20. The second kappa shape index (κ2) is 8.14. The van der Waals surface area contributed by atoms with Gasteiger partial charge >= 0.3 is 0 Å². The van der Waals surface area contributed by atoms with E-state index in [4.69, 9.17) is 4.42 Å². The van der Waals surface area contributed by atoms with Crippen molar-refractivity contribution in [3.05, 3.63) is 75.9 Å². The van der Waals surface area contributed by atoms with Crippen LogP contribution in [0.15, 0.2) is 58.5 Å². The third kappa shape index (κ3) is 5.05. The Morgan fingerprint density at radius 3 is 2.68 bits per heavy atom. The van der Waals surface area contributed by atoms with E-state index < -0.39 is 0 Å². The average Bonchev–Trinajstić information content (AvgIpc) is 3.25. The molecular formula is C20H22N2O2S. The highest BCUT2D eigenvalue weighted by Gasteiger charge is 2.14. The first-order valence-electron chi connectivity index (χ1n) is 8.24. The van der Waals surface area contributed by atoms with Crippen LogP contribution in [0.25, 0.3) is 0 Å². The molecule has 0 aliphatic carbocycles. The smallest absolute Gasteiger partial charge is 0.238 e. The minimum atomic E-state index is -0.0219. The molecule has 1 amide bonds. The summed E-state index contributed by atoms with van der Waals surface area (Å²) in [5.74, 6) is 0.835. The normalized spacial score (nSPS) is 11.0. The number of benzene rings is 1. The summed E-state index contributed by atoms with van der Waals surface area (Å²) in [5.41, 5.74) is 3.22. The monoisotopic (exact) mass is 354 g/mol. The second-order valence-corrected chi connectivity index (χ2v) is 7.18. The molecule has 130 valence electrons. The van der Waals surface area contributed by atoms with Crippen molar-refractivity contribution in [2.45, 2.75) is 26.9 Å². The fourth-order valence-corrected chi connectivity index (χ4v) is 3.38. The Labute approximate surface area is 152 Å². The summed E-state index contributed by atoms with van der Waals surface area (Å²) in [6.45, 7) is 5.74. The molecule has 0 fully saturated rings. The van der Waals surface area contributed by atoms with Crippen LogP contribution in [-0.2, 0) is 17.9 Å². The van der Waals surface area contributed by atoms with Gasteiger partial charge in [0.25, 0.3) is 0 Å². The van der Waals surface area contributed by atoms with Gasteiger partial charge in [-0.25, -0.2) is 0 Å². The molecule has 1 N–H and O–H groups in total. The maximum absolute atomic E-state index is 12.5. The van der Waals surface area contributed by atoms with E-state index in [1.165, 1.54) is 16.0 Å². The summed E-state index contributed by atoms with van der Waals surface area (Å²) in [7, 11) is 0. The Kier molecular flexibility index (Phi) is 5.68. The van der Waals surface area contributed by atoms with E-state index in [-0.39, 0.29) is 5.91 Å². The number of hydrogen-bond acceptors (Lipinski definition) is 4. The number of nitrogens with one attached hydrogen (secondary N) is 1.